The van der Waals surface area contributed by atoms with Gasteiger partial charge in [0.25, 0.3) is 5.91 Å². The molecule has 1 atom stereocenters. The van der Waals surface area contributed by atoms with Gasteiger partial charge < -0.3 is 20.4 Å². The zero-order valence-electron chi connectivity index (χ0n) is 21.2. The molecule has 0 bridgehead atoms. The summed E-state index contributed by atoms with van der Waals surface area (Å²) in [7, 11) is -2.46. The average molecular weight is 530 g/mol. The maximum atomic E-state index is 13.8. The van der Waals surface area contributed by atoms with Crippen LogP contribution in [0.1, 0.15) is 22.8 Å². The lowest BCUT2D eigenvalue weighted by atomic mass is 10.2. The van der Waals surface area contributed by atoms with E-state index < -0.39 is 15.9 Å². The summed E-state index contributed by atoms with van der Waals surface area (Å²) in [6.45, 7) is 3.88. The molecule has 0 aliphatic carbocycles. The van der Waals surface area contributed by atoms with Gasteiger partial charge in [-0.05, 0) is 62.4 Å². The number of methoxy groups -OCH3 is 1. The van der Waals surface area contributed by atoms with Crippen molar-refractivity contribution < 1.29 is 17.9 Å². The third kappa shape index (κ3) is 4.54. The lowest BCUT2D eigenvalue weighted by Gasteiger charge is -2.17. The van der Waals surface area contributed by atoms with Crippen molar-refractivity contribution in [3.8, 4) is 5.75 Å². The Morgan fingerprint density at radius 2 is 1.63 bits per heavy atom. The van der Waals surface area contributed by atoms with E-state index in [1.165, 1.54) is 0 Å². The first-order valence-corrected chi connectivity index (χ1v) is 13.5. The fourth-order valence-corrected chi connectivity index (χ4v) is 5.85. The van der Waals surface area contributed by atoms with E-state index in [9.17, 15) is 13.2 Å². The summed E-state index contributed by atoms with van der Waals surface area (Å²) in [5.74, 6) is 0.384. The highest BCUT2D eigenvalue weighted by molar-refractivity contribution is 7.92. The number of benzene rings is 3. The summed E-state index contributed by atoms with van der Waals surface area (Å²) in [5, 5.41) is 2.94. The first-order valence-electron chi connectivity index (χ1n) is 12.0. The van der Waals surface area contributed by atoms with Gasteiger partial charge in [0.1, 0.15) is 22.0 Å². The minimum Gasteiger partial charge on any atom is -0.497 e. The summed E-state index contributed by atoms with van der Waals surface area (Å²) in [6, 6.07) is 20.2. The minimum absolute atomic E-state index is 0.0152. The number of nitrogens with two attached hydrogens (primary N) is 1. The fraction of sp³-hybridized carbons (Fsp3) is 0.179. The van der Waals surface area contributed by atoms with Gasteiger partial charge in [0, 0.05) is 18.2 Å². The second-order valence-electron chi connectivity index (χ2n) is 9.13. The number of sulfone groups is 1. The summed E-state index contributed by atoms with van der Waals surface area (Å²) >= 11 is 0. The SMILES string of the molecule is COc1ccc(C(=O)N[C@@H](C)Cn2c(N)c(S(=O)(=O)c3ccc(C)cc3)c3nc4ccccc4nc32)cc1. The van der Waals surface area contributed by atoms with Crippen LogP contribution < -0.4 is 15.8 Å². The van der Waals surface area contributed by atoms with Crippen LogP contribution in [0.4, 0.5) is 5.82 Å². The molecule has 0 saturated heterocycles. The summed E-state index contributed by atoms with van der Waals surface area (Å²) in [5.41, 5.74) is 9.62. The molecule has 0 aliphatic rings. The molecule has 5 rings (SSSR count). The number of hydrogen-bond acceptors (Lipinski definition) is 7. The van der Waals surface area contributed by atoms with Crippen LogP contribution in [-0.2, 0) is 16.4 Å². The number of aryl methyl sites for hydroxylation is 1. The van der Waals surface area contributed by atoms with Gasteiger partial charge >= 0.3 is 0 Å². The minimum atomic E-state index is -4.02. The smallest absolute Gasteiger partial charge is 0.251 e. The van der Waals surface area contributed by atoms with Crippen molar-refractivity contribution in [2.24, 2.45) is 0 Å². The van der Waals surface area contributed by atoms with Crippen molar-refractivity contribution in [2.75, 3.05) is 12.8 Å². The maximum Gasteiger partial charge on any atom is 0.251 e. The number of amides is 1. The van der Waals surface area contributed by atoms with Crippen LogP contribution in [0.25, 0.3) is 22.2 Å². The van der Waals surface area contributed by atoms with Crippen molar-refractivity contribution in [1.29, 1.82) is 0 Å². The van der Waals surface area contributed by atoms with Gasteiger partial charge in [-0.1, -0.05) is 29.8 Å². The van der Waals surface area contributed by atoms with E-state index in [-0.39, 0.29) is 33.6 Å². The van der Waals surface area contributed by atoms with Gasteiger partial charge in [-0.2, -0.15) is 0 Å². The lowest BCUT2D eigenvalue weighted by Crippen LogP contribution is -2.36. The summed E-state index contributed by atoms with van der Waals surface area (Å²) < 4.78 is 34.3. The molecular weight excluding hydrogens is 502 g/mol. The van der Waals surface area contributed by atoms with Crippen molar-refractivity contribution >= 4 is 43.8 Å². The molecule has 194 valence electrons. The van der Waals surface area contributed by atoms with Crippen LogP contribution in [0.15, 0.2) is 82.6 Å². The Labute approximate surface area is 220 Å². The Balaban J connectivity index is 1.57. The van der Waals surface area contributed by atoms with E-state index in [0.717, 1.165) is 5.56 Å². The Morgan fingerprint density at radius 1 is 1.00 bits per heavy atom. The Hall–Kier alpha value is -4.44. The van der Waals surface area contributed by atoms with Crippen LogP contribution in [0.5, 0.6) is 5.75 Å². The number of ether oxygens (including phenoxy) is 1. The molecule has 9 nitrogen and oxygen atoms in total. The van der Waals surface area contributed by atoms with Gasteiger partial charge in [0.05, 0.1) is 23.0 Å². The normalized spacial score (nSPS) is 12.5. The average Bonchev–Trinajstić information content (AvgIpc) is 3.18. The standard InChI is InChI=1S/C28H27N5O4S/c1-17-8-14-21(15-9-17)38(35,36)25-24-27(32-23-7-5-4-6-22(23)31-24)33(26(25)29)16-18(2)30-28(34)19-10-12-20(37-3)13-11-19/h4-15,18H,16,29H2,1-3H3,(H,30,34)/t18-/m0/s1. The maximum absolute atomic E-state index is 13.8. The van der Waals surface area contributed by atoms with Gasteiger partial charge in [0.2, 0.25) is 9.84 Å². The predicted octanol–water partition coefficient (Wildman–Crippen LogP) is 4.14. The highest BCUT2D eigenvalue weighted by atomic mass is 32.2. The summed E-state index contributed by atoms with van der Waals surface area (Å²) in [6.07, 6.45) is 0. The largest absolute Gasteiger partial charge is 0.497 e. The second-order valence-corrected chi connectivity index (χ2v) is 11.0. The highest BCUT2D eigenvalue weighted by Gasteiger charge is 2.30. The van der Waals surface area contributed by atoms with Gasteiger partial charge in [-0.25, -0.2) is 18.4 Å². The number of carbonyl (C=O) groups excluding carboxylic acids is 1. The molecule has 1 amide bonds. The third-order valence-corrected chi connectivity index (χ3v) is 8.17. The van der Waals surface area contributed by atoms with E-state index in [1.807, 2.05) is 26.0 Å². The zero-order valence-corrected chi connectivity index (χ0v) is 22.0. The third-order valence-electron chi connectivity index (χ3n) is 6.33. The number of carbonyl (C=O) groups is 1. The molecule has 0 spiro atoms. The molecule has 0 radical (unpaired) electrons. The molecule has 2 aromatic heterocycles. The quantitative estimate of drug-likeness (QED) is 0.324. The predicted molar refractivity (Wildman–Crippen MR) is 146 cm³/mol. The first kappa shape index (κ1) is 25.2. The topological polar surface area (TPSA) is 129 Å². The van der Waals surface area contributed by atoms with Crippen LogP contribution in [-0.4, -0.2) is 42.0 Å². The zero-order chi connectivity index (χ0) is 27.0. The molecule has 0 fully saturated rings. The number of nitrogen functional groups attached to an aromatic ring is 1. The number of anilines is 1. The number of fused-ring (bicyclic) bond motifs is 2. The van der Waals surface area contributed by atoms with Crippen molar-refractivity contribution in [2.45, 2.75) is 36.2 Å². The molecule has 3 N–H and O–H groups in total. The number of aromatic nitrogens is 3. The van der Waals surface area contributed by atoms with Crippen LogP contribution in [0.3, 0.4) is 0 Å². The highest BCUT2D eigenvalue weighted by Crippen LogP contribution is 2.35. The molecule has 5 aromatic rings. The van der Waals surface area contributed by atoms with Gasteiger partial charge in [-0.3, -0.25) is 4.79 Å². The Morgan fingerprint density at radius 3 is 2.26 bits per heavy atom. The van der Waals surface area contributed by atoms with Crippen LogP contribution in [0, 0.1) is 6.92 Å². The van der Waals surface area contributed by atoms with Crippen LogP contribution >= 0.6 is 0 Å². The molecule has 10 heteroatoms. The number of hydrogen-bond donors (Lipinski definition) is 2. The van der Waals surface area contributed by atoms with E-state index in [4.69, 9.17) is 15.5 Å². The molecular formula is C28H27N5O4S. The number of para-hydroxylation sites is 2. The monoisotopic (exact) mass is 529 g/mol. The van der Waals surface area contributed by atoms with Crippen molar-refractivity contribution in [3.63, 3.8) is 0 Å². The van der Waals surface area contributed by atoms with Gasteiger partial charge in [-0.15, -0.1) is 0 Å². The number of nitrogens with zero attached hydrogens (tertiary/aromatic N) is 3. The van der Waals surface area contributed by atoms with Crippen molar-refractivity contribution in [3.05, 3.63) is 83.9 Å². The van der Waals surface area contributed by atoms with Gasteiger partial charge in [0.15, 0.2) is 5.65 Å². The number of nitrogens with one attached hydrogen (secondary N) is 1. The lowest BCUT2D eigenvalue weighted by molar-refractivity contribution is 0.0937. The van der Waals surface area contributed by atoms with E-state index in [2.05, 4.69) is 10.3 Å². The summed E-state index contributed by atoms with van der Waals surface area (Å²) in [4.78, 5) is 22.2. The van der Waals surface area contributed by atoms with E-state index >= 15 is 0 Å². The molecule has 38 heavy (non-hydrogen) atoms. The molecule has 0 saturated carbocycles. The molecule has 2 heterocycles. The molecule has 0 unspecified atom stereocenters. The molecule has 3 aromatic carbocycles. The van der Waals surface area contributed by atoms with E-state index in [0.29, 0.717) is 28.0 Å². The molecule has 0 aliphatic heterocycles. The second kappa shape index (κ2) is 9.79. The van der Waals surface area contributed by atoms with E-state index in [1.54, 1.807) is 72.3 Å². The van der Waals surface area contributed by atoms with Crippen molar-refractivity contribution in [1.82, 2.24) is 19.9 Å². The van der Waals surface area contributed by atoms with Crippen LogP contribution in [0.2, 0.25) is 0 Å². The number of rotatable bonds is 7. The Kier molecular flexibility index (Phi) is 6.50. The Bertz CT molecular complexity index is 1760. The fourth-order valence-electron chi connectivity index (χ4n) is 4.34. The first-order chi connectivity index (χ1) is 18.2.